The number of hydrogen-bond acceptors (Lipinski definition) is 12. The van der Waals surface area contributed by atoms with Crippen LogP contribution in [0.3, 0.4) is 0 Å². The number of primary amides is 1. The smallest absolute Gasteiger partial charge is 0.249 e. The van der Waals surface area contributed by atoms with Gasteiger partial charge in [-0.1, -0.05) is 18.6 Å². The van der Waals surface area contributed by atoms with Crippen molar-refractivity contribution in [3.63, 3.8) is 0 Å². The summed E-state index contributed by atoms with van der Waals surface area (Å²) in [4.78, 5) is 61.3. The Morgan fingerprint density at radius 2 is 1.93 bits per heavy atom. The summed E-state index contributed by atoms with van der Waals surface area (Å²) in [5.41, 5.74) is 6.00. The number of nitrogens with one attached hydrogen (secondary N) is 4. The van der Waals surface area contributed by atoms with E-state index in [0.29, 0.717) is 5.69 Å². The molecule has 2 heterocycles. The van der Waals surface area contributed by atoms with Crippen LogP contribution in [0.25, 0.3) is 0 Å². The van der Waals surface area contributed by atoms with Gasteiger partial charge < -0.3 is 46.1 Å². The lowest BCUT2D eigenvalue weighted by atomic mass is 10.1. The molecule has 0 aromatic carbocycles. The normalized spacial score (nSPS) is 22.1. The average molecular weight is 631 g/mol. The van der Waals surface area contributed by atoms with Crippen molar-refractivity contribution in [1.29, 1.82) is 0 Å². The summed E-state index contributed by atoms with van der Waals surface area (Å²) < 4.78 is 12.7. The Balaban J connectivity index is 1.85. The van der Waals surface area contributed by atoms with Crippen LogP contribution in [0.1, 0.15) is 59.1 Å². The van der Waals surface area contributed by atoms with Gasteiger partial charge in [-0.05, 0) is 26.7 Å². The third-order valence-corrected chi connectivity index (χ3v) is 7.37. The molecule has 17 nitrogen and oxygen atoms in total. The van der Waals surface area contributed by atoms with Gasteiger partial charge in [0.2, 0.25) is 29.5 Å². The van der Waals surface area contributed by atoms with Crippen molar-refractivity contribution in [2.75, 3.05) is 6.61 Å². The number of nitrogens with two attached hydrogens (primary N) is 1. The third-order valence-electron chi connectivity index (χ3n) is 6.42. The monoisotopic (exact) mass is 630 g/mol. The molecule has 1 saturated heterocycles. The van der Waals surface area contributed by atoms with Crippen molar-refractivity contribution in [2.45, 2.75) is 108 Å². The van der Waals surface area contributed by atoms with Crippen molar-refractivity contribution in [2.24, 2.45) is 5.73 Å². The Morgan fingerprint density at radius 1 is 1.21 bits per heavy atom. The number of nitrogens with zero attached hydrogens (tertiary/aromatic N) is 3. The number of aryl methyl sites for hydroxylation is 1. The van der Waals surface area contributed by atoms with Gasteiger partial charge in [0.05, 0.1) is 19.3 Å². The van der Waals surface area contributed by atoms with E-state index in [1.165, 1.54) is 20.8 Å². The summed E-state index contributed by atoms with van der Waals surface area (Å²) in [6, 6.07) is -2.31. The summed E-state index contributed by atoms with van der Waals surface area (Å²) in [7, 11) is 0. The Kier molecular flexibility index (Phi) is 14.8. The molecule has 1 aromatic rings. The van der Waals surface area contributed by atoms with Crippen molar-refractivity contribution < 1.29 is 43.1 Å². The quantitative estimate of drug-likeness (QED) is 0.0889. The molecule has 1 aliphatic rings. The van der Waals surface area contributed by atoms with Gasteiger partial charge in [-0.2, -0.15) is 0 Å². The van der Waals surface area contributed by atoms with Crippen LogP contribution >= 0.6 is 12.0 Å². The number of aliphatic hydroxyl groups is 2. The predicted molar refractivity (Wildman–Crippen MR) is 152 cm³/mol. The number of aromatic nitrogens is 3. The van der Waals surface area contributed by atoms with Crippen LogP contribution in [0, 0.1) is 0 Å². The van der Waals surface area contributed by atoms with E-state index in [-0.39, 0.29) is 25.3 Å². The molecular weight excluding hydrogens is 588 g/mol. The fourth-order valence-electron chi connectivity index (χ4n) is 3.91. The fourth-order valence-corrected chi connectivity index (χ4v) is 4.89. The summed E-state index contributed by atoms with van der Waals surface area (Å²) in [5, 5.41) is 37.2. The SMILES string of the molecule is CCCCn1cc(CNC(=O)CC[C@@H](NC(=O)[C@H](C)NC(=O)[C@@H](C)O[C@H]2[C@H](O)[C@@H](CO)OS[C@@H]2NC(C)=O)C(N)=O)nn1. The van der Waals surface area contributed by atoms with Gasteiger partial charge in [-0.15, -0.1) is 5.10 Å². The van der Waals surface area contributed by atoms with E-state index >= 15 is 0 Å². The predicted octanol–water partition coefficient (Wildman–Crippen LogP) is -2.41. The molecule has 43 heavy (non-hydrogen) atoms. The minimum atomic E-state index is -1.37. The number of amides is 5. The molecule has 0 radical (unpaired) electrons. The number of carbonyl (C=O) groups is 5. The molecule has 2 rings (SSSR count). The maximum absolute atomic E-state index is 12.8. The van der Waals surface area contributed by atoms with E-state index in [4.69, 9.17) is 14.7 Å². The molecule has 7 atom stereocenters. The molecule has 242 valence electrons. The molecule has 5 amide bonds. The molecule has 1 aliphatic heterocycles. The standard InChI is InChI=1S/C25H42N8O9S/c1-5-6-9-33-11-16(31-32-33)10-27-19(36)8-7-17(22(26)38)30-23(39)13(2)28-24(40)14(3)41-21-20(37)18(12-34)42-43-25(21)29-15(4)35/h11,13-14,17-18,20-21,25,34,37H,5-10,12H2,1-4H3,(H2,26,38)(H,27,36)(H,28,40)(H,29,35)(H,30,39)/t13-,14+,17+,18+,20+,21-,25-/m0/s1. The zero-order chi connectivity index (χ0) is 32.1. The Hall–Kier alpha value is -3.32. The first-order valence-electron chi connectivity index (χ1n) is 14.0. The second kappa shape index (κ2) is 17.7. The maximum Gasteiger partial charge on any atom is 0.249 e. The zero-order valence-corrected chi connectivity index (χ0v) is 25.5. The second-order valence-corrected chi connectivity index (χ2v) is 11.0. The van der Waals surface area contributed by atoms with Crippen LogP contribution < -0.4 is 27.0 Å². The minimum absolute atomic E-state index is 0.0772. The van der Waals surface area contributed by atoms with E-state index in [9.17, 15) is 34.2 Å². The summed E-state index contributed by atoms with van der Waals surface area (Å²) in [6.45, 7) is 6.42. The maximum atomic E-state index is 12.8. The first kappa shape index (κ1) is 35.9. The molecule has 18 heteroatoms. The highest BCUT2D eigenvalue weighted by atomic mass is 32.2. The van der Waals surface area contributed by atoms with E-state index in [1.807, 2.05) is 0 Å². The highest BCUT2D eigenvalue weighted by Crippen LogP contribution is 2.30. The van der Waals surface area contributed by atoms with Crippen LogP contribution in [-0.2, 0) is 46.0 Å². The summed E-state index contributed by atoms with van der Waals surface area (Å²) in [6.07, 6.45) is -1.19. The largest absolute Gasteiger partial charge is 0.394 e. The Bertz CT molecular complexity index is 1110. The van der Waals surface area contributed by atoms with Crippen molar-refractivity contribution in [3.05, 3.63) is 11.9 Å². The summed E-state index contributed by atoms with van der Waals surface area (Å²) in [5.74, 6) is -3.13. The second-order valence-electron chi connectivity index (χ2n) is 10.1. The lowest BCUT2D eigenvalue weighted by molar-refractivity contribution is -0.153. The topological polar surface area (TPSA) is 249 Å². The average Bonchev–Trinajstić information content (AvgIpc) is 3.41. The van der Waals surface area contributed by atoms with Gasteiger partial charge in [-0.25, -0.2) is 0 Å². The van der Waals surface area contributed by atoms with Crippen LogP contribution in [0.2, 0.25) is 0 Å². The van der Waals surface area contributed by atoms with Gasteiger partial charge in [0.25, 0.3) is 0 Å². The number of hydrogen-bond donors (Lipinski definition) is 7. The number of unbranched alkanes of at least 4 members (excludes halogenated alkanes) is 1. The van der Waals surface area contributed by atoms with Crippen LogP contribution in [0.4, 0.5) is 0 Å². The number of rotatable bonds is 17. The van der Waals surface area contributed by atoms with Crippen molar-refractivity contribution in [1.82, 2.24) is 36.3 Å². The molecule has 0 saturated carbocycles. The first-order chi connectivity index (χ1) is 20.4. The fraction of sp³-hybridized carbons (Fsp3) is 0.720. The zero-order valence-electron chi connectivity index (χ0n) is 24.6. The number of carbonyl (C=O) groups excluding carboxylic acids is 5. The van der Waals surface area contributed by atoms with E-state index in [0.717, 1.165) is 31.4 Å². The summed E-state index contributed by atoms with van der Waals surface area (Å²) >= 11 is 0.778. The minimum Gasteiger partial charge on any atom is -0.394 e. The number of aliphatic hydroxyl groups excluding tert-OH is 2. The molecule has 0 bridgehead atoms. The molecule has 0 unspecified atom stereocenters. The van der Waals surface area contributed by atoms with Gasteiger partial charge >= 0.3 is 0 Å². The molecular formula is C25H42N8O9S. The molecule has 0 aliphatic carbocycles. The Morgan fingerprint density at radius 3 is 2.56 bits per heavy atom. The van der Waals surface area contributed by atoms with Gasteiger partial charge in [-0.3, -0.25) is 28.7 Å². The first-order valence-corrected chi connectivity index (χ1v) is 14.8. The van der Waals surface area contributed by atoms with Gasteiger partial charge in [0.1, 0.15) is 47.6 Å². The highest BCUT2D eigenvalue weighted by Gasteiger charge is 2.43. The molecule has 1 aromatic heterocycles. The van der Waals surface area contributed by atoms with E-state index in [1.54, 1.807) is 10.9 Å². The lowest BCUT2D eigenvalue weighted by Gasteiger charge is -2.39. The van der Waals surface area contributed by atoms with Gasteiger partial charge in [0, 0.05) is 31.9 Å². The van der Waals surface area contributed by atoms with Crippen molar-refractivity contribution in [3.8, 4) is 0 Å². The Labute approximate surface area is 253 Å². The van der Waals surface area contributed by atoms with Crippen LogP contribution in [0.15, 0.2) is 6.20 Å². The lowest BCUT2D eigenvalue weighted by Crippen LogP contribution is -2.58. The van der Waals surface area contributed by atoms with Crippen LogP contribution in [-0.4, -0.2) is 103 Å². The third kappa shape index (κ3) is 11.7. The van der Waals surface area contributed by atoms with Gasteiger partial charge in [0.15, 0.2) is 0 Å². The molecule has 1 fully saturated rings. The van der Waals surface area contributed by atoms with E-state index in [2.05, 4.69) is 38.5 Å². The number of ether oxygens (including phenoxy) is 1. The van der Waals surface area contributed by atoms with Crippen molar-refractivity contribution >= 4 is 41.6 Å². The highest BCUT2D eigenvalue weighted by molar-refractivity contribution is 7.95. The molecule has 0 spiro atoms. The van der Waals surface area contributed by atoms with Crippen LogP contribution in [0.5, 0.6) is 0 Å². The molecule has 8 N–H and O–H groups in total. The van der Waals surface area contributed by atoms with E-state index < -0.39 is 72.1 Å².